The van der Waals surface area contributed by atoms with Crippen LogP contribution in [-0.2, 0) is 19.4 Å². The van der Waals surface area contributed by atoms with Crippen molar-refractivity contribution in [3.05, 3.63) is 36.3 Å². The molecule has 0 amide bonds. The van der Waals surface area contributed by atoms with Crippen molar-refractivity contribution in [1.29, 1.82) is 0 Å². The van der Waals surface area contributed by atoms with E-state index in [1.807, 2.05) is 12.1 Å². The molecule has 0 radical (unpaired) electrons. The molecule has 3 heterocycles. The Bertz CT molecular complexity index is 810. The molecule has 120 valence electrons. The minimum Gasteiger partial charge on any atom is -0.486 e. The smallest absolute Gasteiger partial charge is 0.195 e. The van der Waals surface area contributed by atoms with Gasteiger partial charge in [-0.2, -0.15) is 0 Å². The normalized spacial score (nSPS) is 13.6. The molecule has 0 atom stereocenters. The lowest BCUT2D eigenvalue weighted by molar-refractivity contribution is 0.172. The van der Waals surface area contributed by atoms with Gasteiger partial charge in [0.05, 0.1) is 17.2 Å². The molecular formula is C16H18N4O3. The predicted octanol–water partition coefficient (Wildman–Crippen LogP) is 1.54. The van der Waals surface area contributed by atoms with Crippen molar-refractivity contribution in [2.75, 3.05) is 19.8 Å². The zero-order valence-corrected chi connectivity index (χ0v) is 12.7. The Morgan fingerprint density at radius 2 is 1.96 bits per heavy atom. The number of nitrogens with zero attached hydrogens (tertiary/aromatic N) is 3. The van der Waals surface area contributed by atoms with E-state index in [1.165, 1.54) is 0 Å². The minimum atomic E-state index is 0.551. The third-order valence-electron chi connectivity index (χ3n) is 3.89. The zero-order valence-electron chi connectivity index (χ0n) is 12.7. The van der Waals surface area contributed by atoms with Crippen LogP contribution in [0.25, 0.3) is 11.0 Å². The Morgan fingerprint density at radius 3 is 2.70 bits per heavy atom. The number of fused-ring (bicyclic) bond motifs is 2. The Balaban J connectivity index is 1.74. The molecule has 7 nitrogen and oxygen atoms in total. The van der Waals surface area contributed by atoms with E-state index in [-0.39, 0.29) is 0 Å². The first-order valence-corrected chi connectivity index (χ1v) is 7.72. The molecule has 23 heavy (non-hydrogen) atoms. The summed E-state index contributed by atoms with van der Waals surface area (Å²) in [7, 11) is 0. The van der Waals surface area contributed by atoms with Crippen molar-refractivity contribution in [2.24, 2.45) is 5.73 Å². The minimum absolute atomic E-state index is 0.551. The van der Waals surface area contributed by atoms with Crippen LogP contribution in [0.2, 0.25) is 0 Å². The fourth-order valence-corrected chi connectivity index (χ4v) is 2.86. The number of aryl methyl sites for hydroxylation is 2. The van der Waals surface area contributed by atoms with E-state index in [0.717, 1.165) is 34.9 Å². The topological polar surface area (TPSA) is 88.3 Å². The van der Waals surface area contributed by atoms with E-state index in [1.54, 1.807) is 12.5 Å². The molecule has 3 aromatic rings. The van der Waals surface area contributed by atoms with Crippen molar-refractivity contribution in [1.82, 2.24) is 14.5 Å². The van der Waals surface area contributed by atoms with Gasteiger partial charge >= 0.3 is 0 Å². The standard InChI is InChI=1S/C16H18N4O3/c17-3-1-15-19-11-9-13-14(22-8-7-21-13)10-12(11)20(15)5-2-16-18-4-6-23-16/h4,6,9-10H,1-3,5,7-8,17H2. The van der Waals surface area contributed by atoms with Crippen LogP contribution >= 0.6 is 0 Å². The molecule has 1 aliphatic heterocycles. The zero-order chi connectivity index (χ0) is 15.6. The van der Waals surface area contributed by atoms with Crippen molar-refractivity contribution in [2.45, 2.75) is 19.4 Å². The van der Waals surface area contributed by atoms with Gasteiger partial charge < -0.3 is 24.2 Å². The maximum atomic E-state index is 5.73. The van der Waals surface area contributed by atoms with Crippen molar-refractivity contribution in [3.63, 3.8) is 0 Å². The molecule has 0 fully saturated rings. The molecular weight excluding hydrogens is 296 g/mol. The van der Waals surface area contributed by atoms with Gasteiger partial charge in [-0.1, -0.05) is 0 Å². The summed E-state index contributed by atoms with van der Waals surface area (Å²) in [5, 5.41) is 0. The first kappa shape index (κ1) is 14.1. The summed E-state index contributed by atoms with van der Waals surface area (Å²) in [4.78, 5) is 8.88. The molecule has 0 spiro atoms. The Hall–Kier alpha value is -2.54. The largest absolute Gasteiger partial charge is 0.486 e. The third kappa shape index (κ3) is 2.63. The summed E-state index contributed by atoms with van der Waals surface area (Å²) in [5.74, 6) is 3.18. The highest BCUT2D eigenvalue weighted by Crippen LogP contribution is 2.34. The molecule has 0 bridgehead atoms. The summed E-state index contributed by atoms with van der Waals surface area (Å²) in [6.45, 7) is 2.42. The SMILES string of the molecule is NCCc1nc2cc3c(cc2n1CCc1ncco1)OCCO3. The average Bonchev–Trinajstić information content (AvgIpc) is 3.19. The highest BCUT2D eigenvalue weighted by atomic mass is 16.6. The lowest BCUT2D eigenvalue weighted by atomic mass is 10.2. The summed E-state index contributed by atoms with van der Waals surface area (Å²) in [6, 6.07) is 3.93. The van der Waals surface area contributed by atoms with Gasteiger partial charge in [0.15, 0.2) is 17.4 Å². The van der Waals surface area contributed by atoms with Gasteiger partial charge in [-0.05, 0) is 6.54 Å². The number of ether oxygens (including phenoxy) is 2. The van der Waals surface area contributed by atoms with Crippen LogP contribution in [0, 0.1) is 0 Å². The van der Waals surface area contributed by atoms with Crippen molar-refractivity contribution in [3.8, 4) is 11.5 Å². The third-order valence-corrected chi connectivity index (χ3v) is 3.89. The fraction of sp³-hybridized carbons (Fsp3) is 0.375. The van der Waals surface area contributed by atoms with E-state index >= 15 is 0 Å². The molecule has 0 saturated carbocycles. The summed E-state index contributed by atoms with van der Waals surface area (Å²) >= 11 is 0. The van der Waals surface area contributed by atoms with Crippen LogP contribution in [0.15, 0.2) is 29.0 Å². The maximum Gasteiger partial charge on any atom is 0.195 e. The first-order chi connectivity index (χ1) is 11.3. The van der Waals surface area contributed by atoms with E-state index in [2.05, 4.69) is 9.55 Å². The van der Waals surface area contributed by atoms with Gasteiger partial charge in [-0.15, -0.1) is 0 Å². The highest BCUT2D eigenvalue weighted by molar-refractivity contribution is 5.80. The van der Waals surface area contributed by atoms with Gasteiger partial charge in [0.25, 0.3) is 0 Å². The number of hydrogen-bond acceptors (Lipinski definition) is 6. The highest BCUT2D eigenvalue weighted by Gasteiger charge is 2.18. The molecule has 4 rings (SSSR count). The number of aromatic nitrogens is 3. The number of rotatable bonds is 5. The second-order valence-electron chi connectivity index (χ2n) is 5.38. The first-order valence-electron chi connectivity index (χ1n) is 7.72. The van der Waals surface area contributed by atoms with Crippen LogP contribution in [0.1, 0.15) is 11.7 Å². The Labute approximate surface area is 133 Å². The summed E-state index contributed by atoms with van der Waals surface area (Å²) in [6.07, 6.45) is 4.66. The van der Waals surface area contributed by atoms with Gasteiger partial charge in [-0.25, -0.2) is 9.97 Å². The molecule has 2 aromatic heterocycles. The van der Waals surface area contributed by atoms with Gasteiger partial charge in [0.1, 0.15) is 25.3 Å². The van der Waals surface area contributed by atoms with Crippen LogP contribution in [0.5, 0.6) is 11.5 Å². The van der Waals surface area contributed by atoms with Gasteiger partial charge in [0, 0.05) is 31.5 Å². The maximum absolute atomic E-state index is 5.73. The number of hydrogen-bond donors (Lipinski definition) is 1. The Kier molecular flexibility index (Phi) is 3.63. The van der Waals surface area contributed by atoms with E-state index in [0.29, 0.717) is 38.5 Å². The molecule has 7 heteroatoms. The number of benzene rings is 1. The molecule has 0 aliphatic carbocycles. The molecule has 0 unspecified atom stereocenters. The summed E-state index contributed by atoms with van der Waals surface area (Å²) in [5.41, 5.74) is 7.64. The second-order valence-corrected chi connectivity index (χ2v) is 5.38. The van der Waals surface area contributed by atoms with Crippen LogP contribution in [0.4, 0.5) is 0 Å². The molecule has 1 aromatic carbocycles. The monoisotopic (exact) mass is 314 g/mol. The number of nitrogens with two attached hydrogens (primary N) is 1. The van der Waals surface area contributed by atoms with Crippen LogP contribution < -0.4 is 15.2 Å². The van der Waals surface area contributed by atoms with Crippen LogP contribution in [0.3, 0.4) is 0 Å². The van der Waals surface area contributed by atoms with Crippen molar-refractivity contribution >= 4 is 11.0 Å². The molecule has 0 saturated heterocycles. The Morgan fingerprint density at radius 1 is 1.13 bits per heavy atom. The quantitative estimate of drug-likeness (QED) is 0.768. The molecule has 1 aliphatic rings. The fourth-order valence-electron chi connectivity index (χ4n) is 2.86. The van der Waals surface area contributed by atoms with E-state index in [9.17, 15) is 0 Å². The van der Waals surface area contributed by atoms with E-state index < -0.39 is 0 Å². The van der Waals surface area contributed by atoms with Crippen molar-refractivity contribution < 1.29 is 13.9 Å². The lowest BCUT2D eigenvalue weighted by Gasteiger charge is -2.18. The second kappa shape index (κ2) is 5.92. The van der Waals surface area contributed by atoms with E-state index in [4.69, 9.17) is 24.6 Å². The number of imidazole rings is 1. The van der Waals surface area contributed by atoms with Gasteiger partial charge in [-0.3, -0.25) is 0 Å². The van der Waals surface area contributed by atoms with Gasteiger partial charge in [0.2, 0.25) is 0 Å². The van der Waals surface area contributed by atoms with Crippen LogP contribution in [-0.4, -0.2) is 34.3 Å². The predicted molar refractivity (Wildman–Crippen MR) is 83.7 cm³/mol. The molecule has 2 N–H and O–H groups in total. The summed E-state index contributed by atoms with van der Waals surface area (Å²) < 4.78 is 18.8. The lowest BCUT2D eigenvalue weighted by Crippen LogP contribution is -2.15. The average molecular weight is 314 g/mol. The number of oxazole rings is 1.